The van der Waals surface area contributed by atoms with Crippen LogP contribution in [-0.2, 0) is 9.47 Å². The Kier molecular flexibility index (Phi) is 7.10. The molecule has 0 aliphatic carbocycles. The van der Waals surface area contributed by atoms with Gasteiger partial charge in [0.2, 0.25) is 0 Å². The van der Waals surface area contributed by atoms with Crippen molar-refractivity contribution in [2.24, 2.45) is 10.9 Å². The van der Waals surface area contributed by atoms with Crippen LogP contribution < -0.4 is 5.32 Å². The average molecular weight is 367 g/mol. The number of nitrogens with zero attached hydrogens (tertiary/aromatic N) is 3. The van der Waals surface area contributed by atoms with Gasteiger partial charge in [-0.15, -0.1) is 11.3 Å². The summed E-state index contributed by atoms with van der Waals surface area (Å²) in [4.78, 5) is 10.6. The molecular formula is C18H30N4O2S. The second-order valence-corrected chi connectivity index (χ2v) is 7.70. The summed E-state index contributed by atoms with van der Waals surface area (Å²) in [6, 6.07) is 4.73. The van der Waals surface area contributed by atoms with Gasteiger partial charge < -0.3 is 19.7 Å². The van der Waals surface area contributed by atoms with E-state index in [1.807, 2.05) is 18.4 Å². The highest BCUT2D eigenvalue weighted by molar-refractivity contribution is 7.10. The van der Waals surface area contributed by atoms with E-state index in [4.69, 9.17) is 9.47 Å². The zero-order valence-electron chi connectivity index (χ0n) is 15.3. The SMILES string of the molecule is CN=C(NCC(c1cccs1)N1CCOCC1)N(C)CC1CCOC1. The fourth-order valence-corrected chi connectivity index (χ4v) is 4.41. The van der Waals surface area contributed by atoms with Crippen molar-refractivity contribution in [2.75, 3.05) is 66.7 Å². The minimum atomic E-state index is 0.365. The fourth-order valence-electron chi connectivity index (χ4n) is 3.55. The maximum atomic E-state index is 5.52. The van der Waals surface area contributed by atoms with Crippen molar-refractivity contribution in [3.8, 4) is 0 Å². The predicted molar refractivity (Wildman–Crippen MR) is 102 cm³/mol. The van der Waals surface area contributed by atoms with Crippen molar-refractivity contribution in [1.82, 2.24) is 15.1 Å². The van der Waals surface area contributed by atoms with Crippen LogP contribution >= 0.6 is 11.3 Å². The molecule has 0 spiro atoms. The first-order chi connectivity index (χ1) is 12.3. The molecule has 7 heteroatoms. The third kappa shape index (κ3) is 5.17. The van der Waals surface area contributed by atoms with Gasteiger partial charge in [-0.3, -0.25) is 9.89 Å². The number of hydrogen-bond acceptors (Lipinski definition) is 5. The minimum absolute atomic E-state index is 0.365. The van der Waals surface area contributed by atoms with E-state index in [2.05, 4.69) is 44.7 Å². The van der Waals surface area contributed by atoms with E-state index in [1.165, 1.54) is 4.88 Å². The molecule has 140 valence electrons. The van der Waals surface area contributed by atoms with Crippen LogP contribution in [0.5, 0.6) is 0 Å². The smallest absolute Gasteiger partial charge is 0.193 e. The molecule has 1 aromatic heterocycles. The number of hydrogen-bond donors (Lipinski definition) is 1. The Hall–Kier alpha value is -1.15. The number of morpholine rings is 1. The van der Waals surface area contributed by atoms with Crippen molar-refractivity contribution >= 4 is 17.3 Å². The predicted octanol–water partition coefficient (Wildman–Crippen LogP) is 1.67. The summed E-state index contributed by atoms with van der Waals surface area (Å²) in [5, 5.41) is 5.74. The molecule has 0 saturated carbocycles. The summed E-state index contributed by atoms with van der Waals surface area (Å²) in [5.74, 6) is 1.57. The van der Waals surface area contributed by atoms with Crippen LogP contribution in [0.1, 0.15) is 17.3 Å². The number of nitrogens with one attached hydrogen (secondary N) is 1. The molecule has 1 aromatic rings. The molecule has 0 amide bonds. The summed E-state index contributed by atoms with van der Waals surface area (Å²) in [5.41, 5.74) is 0. The van der Waals surface area contributed by atoms with Crippen LogP contribution in [0.3, 0.4) is 0 Å². The number of guanidine groups is 1. The van der Waals surface area contributed by atoms with Gasteiger partial charge in [0, 0.05) is 57.7 Å². The van der Waals surface area contributed by atoms with Gasteiger partial charge in [0.15, 0.2) is 5.96 Å². The van der Waals surface area contributed by atoms with E-state index in [9.17, 15) is 0 Å². The zero-order valence-corrected chi connectivity index (χ0v) is 16.1. The molecule has 2 aliphatic heterocycles. The Morgan fingerprint density at radius 2 is 2.24 bits per heavy atom. The quantitative estimate of drug-likeness (QED) is 0.613. The lowest BCUT2D eigenvalue weighted by Gasteiger charge is -2.35. The Morgan fingerprint density at radius 1 is 1.40 bits per heavy atom. The molecule has 2 saturated heterocycles. The monoisotopic (exact) mass is 366 g/mol. The van der Waals surface area contributed by atoms with Crippen molar-refractivity contribution < 1.29 is 9.47 Å². The third-order valence-corrected chi connectivity index (χ3v) is 5.91. The van der Waals surface area contributed by atoms with Gasteiger partial charge >= 0.3 is 0 Å². The summed E-state index contributed by atoms with van der Waals surface area (Å²) < 4.78 is 11.0. The molecule has 25 heavy (non-hydrogen) atoms. The highest BCUT2D eigenvalue weighted by atomic mass is 32.1. The van der Waals surface area contributed by atoms with E-state index in [-0.39, 0.29) is 0 Å². The molecule has 2 unspecified atom stereocenters. The van der Waals surface area contributed by atoms with Gasteiger partial charge in [-0.25, -0.2) is 0 Å². The molecule has 1 N–H and O–H groups in total. The molecule has 3 heterocycles. The van der Waals surface area contributed by atoms with E-state index >= 15 is 0 Å². The van der Waals surface area contributed by atoms with Crippen LogP contribution in [0.15, 0.2) is 22.5 Å². The van der Waals surface area contributed by atoms with E-state index in [0.29, 0.717) is 12.0 Å². The highest BCUT2D eigenvalue weighted by Gasteiger charge is 2.25. The van der Waals surface area contributed by atoms with Gasteiger partial charge in [0.25, 0.3) is 0 Å². The Balaban J connectivity index is 1.58. The van der Waals surface area contributed by atoms with Crippen molar-refractivity contribution in [3.63, 3.8) is 0 Å². The average Bonchev–Trinajstić information content (AvgIpc) is 3.33. The standard InChI is InChI=1S/C18H30N4O2S/c1-19-18(21(2)13-15-5-8-24-14-15)20-12-16(17-4-3-11-25-17)22-6-9-23-10-7-22/h3-4,11,15-16H,5-10,12-14H2,1-2H3,(H,19,20). The van der Waals surface area contributed by atoms with Crippen molar-refractivity contribution in [1.29, 1.82) is 0 Å². The molecule has 2 fully saturated rings. The largest absolute Gasteiger partial charge is 0.381 e. The molecule has 0 bridgehead atoms. The number of aliphatic imine (C=N–C) groups is 1. The first-order valence-corrected chi connectivity index (χ1v) is 10.0. The van der Waals surface area contributed by atoms with E-state index in [1.54, 1.807) is 0 Å². The van der Waals surface area contributed by atoms with Gasteiger partial charge in [-0.05, 0) is 17.9 Å². The first kappa shape index (κ1) is 18.6. The van der Waals surface area contributed by atoms with E-state index in [0.717, 1.165) is 65.0 Å². The molecule has 2 atom stereocenters. The van der Waals surface area contributed by atoms with Crippen LogP contribution in [0, 0.1) is 5.92 Å². The highest BCUT2D eigenvalue weighted by Crippen LogP contribution is 2.25. The molecular weight excluding hydrogens is 336 g/mol. The molecule has 0 radical (unpaired) electrons. The van der Waals surface area contributed by atoms with Gasteiger partial charge in [-0.2, -0.15) is 0 Å². The second-order valence-electron chi connectivity index (χ2n) is 6.72. The summed E-state index contributed by atoms with van der Waals surface area (Å²) >= 11 is 1.83. The maximum absolute atomic E-state index is 5.52. The molecule has 6 nitrogen and oxygen atoms in total. The molecule has 2 aliphatic rings. The maximum Gasteiger partial charge on any atom is 0.193 e. The van der Waals surface area contributed by atoms with Crippen molar-refractivity contribution in [2.45, 2.75) is 12.5 Å². The Morgan fingerprint density at radius 3 is 2.88 bits per heavy atom. The van der Waals surface area contributed by atoms with Crippen molar-refractivity contribution in [3.05, 3.63) is 22.4 Å². The van der Waals surface area contributed by atoms with Crippen LogP contribution in [-0.4, -0.2) is 82.5 Å². The lowest BCUT2D eigenvalue weighted by molar-refractivity contribution is 0.0176. The first-order valence-electron chi connectivity index (χ1n) is 9.12. The Bertz CT molecular complexity index is 525. The lowest BCUT2D eigenvalue weighted by atomic mass is 10.1. The number of ether oxygens (including phenoxy) is 2. The van der Waals surface area contributed by atoms with Crippen LogP contribution in [0.25, 0.3) is 0 Å². The lowest BCUT2D eigenvalue weighted by Crippen LogP contribution is -2.47. The zero-order chi connectivity index (χ0) is 17.5. The summed E-state index contributed by atoms with van der Waals surface area (Å²) in [6.07, 6.45) is 1.15. The second kappa shape index (κ2) is 9.52. The van der Waals surface area contributed by atoms with Crippen LogP contribution in [0.2, 0.25) is 0 Å². The summed E-state index contributed by atoms with van der Waals surface area (Å²) in [6.45, 7) is 7.21. The van der Waals surface area contributed by atoms with Gasteiger partial charge in [0.1, 0.15) is 0 Å². The van der Waals surface area contributed by atoms with Crippen LogP contribution in [0.4, 0.5) is 0 Å². The van der Waals surface area contributed by atoms with E-state index < -0.39 is 0 Å². The topological polar surface area (TPSA) is 49.3 Å². The number of thiophene rings is 1. The van der Waals surface area contributed by atoms with Gasteiger partial charge in [0.05, 0.1) is 25.9 Å². The van der Waals surface area contributed by atoms with Gasteiger partial charge in [-0.1, -0.05) is 6.07 Å². The summed E-state index contributed by atoms with van der Waals surface area (Å²) in [7, 11) is 3.97. The minimum Gasteiger partial charge on any atom is -0.381 e. The normalized spacial score (nSPS) is 23.6. The fraction of sp³-hybridized carbons (Fsp3) is 0.722. The Labute approximate surface area is 154 Å². The molecule has 0 aromatic carbocycles. The number of rotatable bonds is 6. The third-order valence-electron chi connectivity index (χ3n) is 4.94. The molecule has 3 rings (SSSR count).